The molecule has 1 heterocycles. The smallest absolute Gasteiger partial charge is 0.265 e. The van der Waals surface area contributed by atoms with Gasteiger partial charge in [0, 0.05) is 24.0 Å². The molecule has 0 spiro atoms. The molecule has 1 amide bonds. The number of benzene rings is 1. The van der Waals surface area contributed by atoms with E-state index in [1.165, 1.54) is 17.0 Å². The van der Waals surface area contributed by atoms with Gasteiger partial charge in [0.1, 0.15) is 0 Å². The highest BCUT2D eigenvalue weighted by Gasteiger charge is 2.10. The monoisotopic (exact) mass is 366 g/mol. The van der Waals surface area contributed by atoms with Gasteiger partial charge in [-0.05, 0) is 73.1 Å². The Morgan fingerprint density at radius 3 is 2.38 bits per heavy atom. The summed E-state index contributed by atoms with van der Waals surface area (Å²) >= 11 is 4.79. The number of amides is 1. The quantitative estimate of drug-likeness (QED) is 0.807. The highest BCUT2D eigenvalue weighted by atomic mass is 79.9. The number of halogens is 1. The Morgan fingerprint density at radius 1 is 1.24 bits per heavy atom. The Bertz CT molecular complexity index is 607. The van der Waals surface area contributed by atoms with Gasteiger partial charge >= 0.3 is 0 Å². The van der Waals surface area contributed by atoms with Crippen LogP contribution < -0.4 is 10.2 Å². The van der Waals surface area contributed by atoms with Crippen LogP contribution in [0.1, 0.15) is 30.4 Å². The molecule has 112 valence electrons. The van der Waals surface area contributed by atoms with Gasteiger partial charge in [-0.2, -0.15) is 0 Å². The second kappa shape index (κ2) is 7.09. The lowest BCUT2D eigenvalue weighted by Crippen LogP contribution is -2.30. The first-order chi connectivity index (χ1) is 10.0. The van der Waals surface area contributed by atoms with E-state index in [4.69, 9.17) is 0 Å². The van der Waals surface area contributed by atoms with Gasteiger partial charge in [0.15, 0.2) is 0 Å². The van der Waals surface area contributed by atoms with E-state index in [0.29, 0.717) is 10.9 Å². The number of carbonyl (C=O) groups excluding carboxylic acids is 1. The van der Waals surface area contributed by atoms with Gasteiger partial charge in [-0.3, -0.25) is 4.79 Å². The number of thiophene rings is 1. The second-order valence-electron chi connectivity index (χ2n) is 4.98. The fraction of sp³-hybridized carbons (Fsp3) is 0.312. The van der Waals surface area contributed by atoms with E-state index in [1.807, 2.05) is 36.4 Å². The zero-order valence-electron chi connectivity index (χ0n) is 12.4. The summed E-state index contributed by atoms with van der Waals surface area (Å²) in [4.78, 5) is 15.1. The number of nitrogens with one attached hydrogen (secondary N) is 1. The van der Waals surface area contributed by atoms with Crippen molar-refractivity contribution >= 4 is 44.5 Å². The lowest BCUT2D eigenvalue weighted by Gasteiger charge is -2.27. The molecule has 0 aliphatic heterocycles. The first kappa shape index (κ1) is 16.0. The molecule has 2 rings (SSSR count). The van der Waals surface area contributed by atoms with Crippen molar-refractivity contribution in [1.82, 2.24) is 0 Å². The predicted molar refractivity (Wildman–Crippen MR) is 94.6 cm³/mol. The van der Waals surface area contributed by atoms with Crippen LogP contribution in [0.5, 0.6) is 0 Å². The van der Waals surface area contributed by atoms with E-state index < -0.39 is 0 Å². The molecular weight excluding hydrogens is 348 g/mol. The lowest BCUT2D eigenvalue weighted by molar-refractivity contribution is 0.103. The summed E-state index contributed by atoms with van der Waals surface area (Å²) < 4.78 is 0.957. The van der Waals surface area contributed by atoms with Crippen molar-refractivity contribution in [3.8, 4) is 0 Å². The topological polar surface area (TPSA) is 32.3 Å². The SMILES string of the molecule is CCN(c1ccc(NC(=O)c2ccc(Br)s2)cc1)C(C)C. The average molecular weight is 367 g/mol. The van der Waals surface area contributed by atoms with Gasteiger partial charge in [-0.15, -0.1) is 11.3 Å². The molecule has 5 heteroatoms. The van der Waals surface area contributed by atoms with Crippen molar-refractivity contribution in [2.24, 2.45) is 0 Å². The molecule has 0 aliphatic rings. The van der Waals surface area contributed by atoms with Crippen LogP contribution in [-0.2, 0) is 0 Å². The maximum Gasteiger partial charge on any atom is 0.265 e. The molecule has 0 aliphatic carbocycles. The number of carbonyl (C=O) groups is 1. The third-order valence-electron chi connectivity index (χ3n) is 3.22. The maximum atomic E-state index is 12.1. The molecule has 1 aromatic carbocycles. The van der Waals surface area contributed by atoms with Gasteiger partial charge in [0.05, 0.1) is 8.66 Å². The van der Waals surface area contributed by atoms with Crippen molar-refractivity contribution in [3.05, 3.63) is 45.1 Å². The minimum absolute atomic E-state index is 0.0744. The minimum atomic E-state index is -0.0744. The molecule has 0 bridgehead atoms. The predicted octanol–water partition coefficient (Wildman–Crippen LogP) is 5.00. The summed E-state index contributed by atoms with van der Waals surface area (Å²) in [5.74, 6) is -0.0744. The third-order valence-corrected chi connectivity index (χ3v) is 4.84. The molecule has 0 saturated heterocycles. The Morgan fingerprint density at radius 2 is 1.90 bits per heavy atom. The summed E-state index contributed by atoms with van der Waals surface area (Å²) in [5.41, 5.74) is 1.98. The Kier molecular flexibility index (Phi) is 5.42. The maximum absolute atomic E-state index is 12.1. The lowest BCUT2D eigenvalue weighted by atomic mass is 10.2. The highest BCUT2D eigenvalue weighted by Crippen LogP contribution is 2.24. The second-order valence-corrected chi connectivity index (χ2v) is 7.45. The summed E-state index contributed by atoms with van der Waals surface area (Å²) in [6.07, 6.45) is 0. The largest absolute Gasteiger partial charge is 0.369 e. The van der Waals surface area contributed by atoms with Crippen LogP contribution in [0.3, 0.4) is 0 Å². The molecule has 1 aromatic heterocycles. The van der Waals surface area contributed by atoms with E-state index in [1.54, 1.807) is 0 Å². The van der Waals surface area contributed by atoms with Crippen molar-refractivity contribution in [1.29, 1.82) is 0 Å². The van der Waals surface area contributed by atoms with Crippen molar-refractivity contribution in [2.75, 3.05) is 16.8 Å². The van der Waals surface area contributed by atoms with E-state index in [0.717, 1.165) is 16.0 Å². The first-order valence-electron chi connectivity index (χ1n) is 6.94. The van der Waals surface area contributed by atoms with Crippen LogP contribution in [0.15, 0.2) is 40.2 Å². The molecule has 1 N–H and O–H groups in total. The van der Waals surface area contributed by atoms with Crippen LogP contribution in [0, 0.1) is 0 Å². The number of nitrogens with zero attached hydrogens (tertiary/aromatic N) is 1. The third kappa shape index (κ3) is 4.08. The molecule has 0 atom stereocenters. The normalized spacial score (nSPS) is 10.7. The minimum Gasteiger partial charge on any atom is -0.369 e. The summed E-state index contributed by atoms with van der Waals surface area (Å²) in [7, 11) is 0. The Labute approximate surface area is 138 Å². The molecular formula is C16H19BrN2OS. The number of hydrogen-bond acceptors (Lipinski definition) is 3. The van der Waals surface area contributed by atoms with Gasteiger partial charge in [0.25, 0.3) is 5.91 Å². The molecule has 3 nitrogen and oxygen atoms in total. The summed E-state index contributed by atoms with van der Waals surface area (Å²) in [6, 6.07) is 12.1. The molecule has 0 fully saturated rings. The van der Waals surface area contributed by atoms with Crippen LogP contribution >= 0.6 is 27.3 Å². The molecule has 2 aromatic rings. The number of rotatable bonds is 5. The van der Waals surface area contributed by atoms with Crippen LogP contribution in [0.2, 0.25) is 0 Å². The zero-order chi connectivity index (χ0) is 15.4. The summed E-state index contributed by atoms with van der Waals surface area (Å²) in [5, 5.41) is 2.92. The Hall–Kier alpha value is -1.33. The van der Waals surface area contributed by atoms with Crippen LogP contribution in [0.4, 0.5) is 11.4 Å². The molecule has 0 radical (unpaired) electrons. The fourth-order valence-electron chi connectivity index (χ4n) is 2.21. The molecule has 0 saturated carbocycles. The van der Waals surface area contributed by atoms with Gasteiger partial charge in [-0.25, -0.2) is 0 Å². The number of hydrogen-bond donors (Lipinski definition) is 1. The standard InChI is InChI=1S/C16H19BrN2OS/c1-4-19(11(2)3)13-7-5-12(6-8-13)18-16(20)14-9-10-15(17)21-14/h5-11H,4H2,1-3H3,(H,18,20). The average Bonchev–Trinajstić information content (AvgIpc) is 2.88. The van der Waals surface area contributed by atoms with E-state index >= 15 is 0 Å². The van der Waals surface area contributed by atoms with Crippen LogP contribution in [-0.4, -0.2) is 18.5 Å². The van der Waals surface area contributed by atoms with Crippen molar-refractivity contribution in [2.45, 2.75) is 26.8 Å². The first-order valence-corrected chi connectivity index (χ1v) is 8.55. The van der Waals surface area contributed by atoms with Crippen LogP contribution in [0.25, 0.3) is 0 Å². The zero-order valence-corrected chi connectivity index (χ0v) is 14.8. The van der Waals surface area contributed by atoms with Crippen molar-refractivity contribution < 1.29 is 4.79 Å². The highest BCUT2D eigenvalue weighted by molar-refractivity contribution is 9.11. The Balaban J connectivity index is 2.07. The fourth-order valence-corrected chi connectivity index (χ4v) is 3.49. The number of anilines is 2. The van der Waals surface area contributed by atoms with Gasteiger partial charge in [0.2, 0.25) is 0 Å². The van der Waals surface area contributed by atoms with E-state index in [2.05, 4.69) is 46.9 Å². The molecule has 0 unspecified atom stereocenters. The van der Waals surface area contributed by atoms with Gasteiger partial charge < -0.3 is 10.2 Å². The summed E-state index contributed by atoms with van der Waals surface area (Å²) in [6.45, 7) is 7.46. The molecule has 21 heavy (non-hydrogen) atoms. The van der Waals surface area contributed by atoms with E-state index in [9.17, 15) is 4.79 Å². The van der Waals surface area contributed by atoms with E-state index in [-0.39, 0.29) is 5.91 Å². The van der Waals surface area contributed by atoms with Crippen molar-refractivity contribution in [3.63, 3.8) is 0 Å². The van der Waals surface area contributed by atoms with Gasteiger partial charge in [-0.1, -0.05) is 0 Å².